The van der Waals surface area contributed by atoms with Crippen LogP contribution in [0.3, 0.4) is 0 Å². The molecule has 0 spiro atoms. The summed E-state index contributed by atoms with van der Waals surface area (Å²) in [6.45, 7) is 1.66. The molecule has 0 unspecified atom stereocenters. The largest absolute Gasteiger partial charge is 0.321 e. The van der Waals surface area contributed by atoms with Crippen LogP contribution in [-0.4, -0.2) is 21.3 Å². The summed E-state index contributed by atoms with van der Waals surface area (Å²) in [5, 5.41) is 12.0. The van der Waals surface area contributed by atoms with Crippen LogP contribution in [0.5, 0.6) is 0 Å². The Morgan fingerprint density at radius 2 is 2.28 bits per heavy atom. The average molecular weight is 330 g/mol. The van der Waals surface area contributed by atoms with Gasteiger partial charge in [0.1, 0.15) is 12.2 Å². The fraction of sp³-hybridized carbons (Fsp3) is 0.333. The van der Waals surface area contributed by atoms with E-state index in [1.807, 2.05) is 29.8 Å². The third-order valence-corrected chi connectivity index (χ3v) is 3.63. The van der Waals surface area contributed by atoms with E-state index in [4.69, 9.17) is 11.6 Å². The summed E-state index contributed by atoms with van der Waals surface area (Å²) in [5.41, 5.74) is 1.19. The van der Waals surface area contributed by atoms with E-state index in [2.05, 4.69) is 31.4 Å². The van der Waals surface area contributed by atoms with Gasteiger partial charge in [-0.05, 0) is 17.7 Å². The summed E-state index contributed by atoms with van der Waals surface area (Å²) in [4.78, 5) is 0. The molecule has 0 radical (unpaired) electrons. The second-order valence-electron chi connectivity index (χ2n) is 4.02. The van der Waals surface area contributed by atoms with Crippen molar-refractivity contribution in [1.82, 2.24) is 20.1 Å². The lowest BCUT2D eigenvalue weighted by Crippen LogP contribution is -2.18. The first-order valence-electron chi connectivity index (χ1n) is 5.64. The third kappa shape index (κ3) is 3.54. The zero-order chi connectivity index (χ0) is 13.0. The Hall–Kier alpha value is -0.910. The van der Waals surface area contributed by atoms with Crippen LogP contribution >= 0.6 is 27.5 Å². The molecule has 0 fully saturated rings. The first kappa shape index (κ1) is 13.5. The molecule has 0 saturated carbocycles. The molecular weight excluding hydrogens is 316 g/mol. The van der Waals surface area contributed by atoms with E-state index in [1.165, 1.54) is 5.56 Å². The molecule has 1 heterocycles. The van der Waals surface area contributed by atoms with Crippen molar-refractivity contribution in [3.05, 3.63) is 45.4 Å². The Morgan fingerprint density at radius 3 is 2.94 bits per heavy atom. The van der Waals surface area contributed by atoms with Crippen LogP contribution in [0.1, 0.15) is 11.4 Å². The minimum absolute atomic E-state index is 0.740. The number of benzene rings is 1. The second kappa shape index (κ2) is 6.31. The summed E-state index contributed by atoms with van der Waals surface area (Å²) in [7, 11) is 1.95. The van der Waals surface area contributed by atoms with Gasteiger partial charge < -0.3 is 9.88 Å². The van der Waals surface area contributed by atoms with Crippen LogP contribution in [0.15, 0.2) is 29.0 Å². The molecule has 0 atom stereocenters. The van der Waals surface area contributed by atoms with Gasteiger partial charge in [0, 0.05) is 36.1 Å². The summed E-state index contributed by atoms with van der Waals surface area (Å²) in [6, 6.07) is 5.81. The minimum Gasteiger partial charge on any atom is -0.321 e. The van der Waals surface area contributed by atoms with Crippen molar-refractivity contribution >= 4 is 27.5 Å². The maximum atomic E-state index is 5.89. The van der Waals surface area contributed by atoms with E-state index >= 15 is 0 Å². The number of aromatic nitrogens is 3. The maximum Gasteiger partial charge on any atom is 0.133 e. The summed E-state index contributed by atoms with van der Waals surface area (Å²) in [6.07, 6.45) is 2.58. The lowest BCUT2D eigenvalue weighted by atomic mass is 10.2. The molecule has 96 valence electrons. The van der Waals surface area contributed by atoms with Crippen molar-refractivity contribution in [2.45, 2.75) is 13.0 Å². The van der Waals surface area contributed by atoms with Crippen molar-refractivity contribution in [2.24, 2.45) is 7.05 Å². The van der Waals surface area contributed by atoms with Gasteiger partial charge in [-0.1, -0.05) is 33.6 Å². The molecular formula is C12H14BrClN4. The number of hydrogen-bond acceptors (Lipinski definition) is 3. The Labute approximate surface area is 119 Å². The smallest absolute Gasteiger partial charge is 0.133 e. The zero-order valence-electron chi connectivity index (χ0n) is 10.0. The molecule has 4 nitrogen and oxygen atoms in total. The van der Waals surface area contributed by atoms with Gasteiger partial charge in [0.05, 0.1) is 0 Å². The highest BCUT2D eigenvalue weighted by atomic mass is 79.9. The fourth-order valence-corrected chi connectivity index (χ4v) is 2.44. The van der Waals surface area contributed by atoms with Crippen molar-refractivity contribution in [1.29, 1.82) is 0 Å². The molecule has 0 aliphatic rings. The van der Waals surface area contributed by atoms with Gasteiger partial charge in [-0.3, -0.25) is 0 Å². The number of aryl methyl sites for hydroxylation is 1. The predicted molar refractivity (Wildman–Crippen MR) is 75.6 cm³/mol. The third-order valence-electron chi connectivity index (χ3n) is 2.66. The Bertz CT molecular complexity index is 527. The second-order valence-corrected chi connectivity index (χ2v) is 5.31. The highest BCUT2D eigenvalue weighted by Gasteiger charge is 2.02. The van der Waals surface area contributed by atoms with Crippen LogP contribution in [0.2, 0.25) is 5.02 Å². The maximum absolute atomic E-state index is 5.89. The highest BCUT2D eigenvalue weighted by molar-refractivity contribution is 9.10. The lowest BCUT2D eigenvalue weighted by Gasteiger charge is -2.07. The van der Waals surface area contributed by atoms with E-state index < -0.39 is 0 Å². The normalized spacial score (nSPS) is 10.8. The van der Waals surface area contributed by atoms with Crippen LogP contribution in [0.4, 0.5) is 0 Å². The van der Waals surface area contributed by atoms with E-state index in [9.17, 15) is 0 Å². The van der Waals surface area contributed by atoms with Crippen molar-refractivity contribution in [3.8, 4) is 0 Å². The summed E-state index contributed by atoms with van der Waals surface area (Å²) < 4.78 is 2.96. The Balaban J connectivity index is 1.80. The van der Waals surface area contributed by atoms with E-state index in [0.29, 0.717) is 0 Å². The Kier molecular flexibility index (Phi) is 4.74. The van der Waals surface area contributed by atoms with Gasteiger partial charge in [-0.2, -0.15) is 0 Å². The lowest BCUT2D eigenvalue weighted by molar-refractivity contribution is 0.653. The standard InChI is InChI=1S/C12H14BrClN4/c1-18-8-16-17-12(18)4-5-15-7-9-2-3-10(14)6-11(9)13/h2-3,6,8,15H,4-5,7H2,1H3. The molecule has 1 N–H and O–H groups in total. The van der Waals surface area contributed by atoms with Gasteiger partial charge in [0.25, 0.3) is 0 Å². The van der Waals surface area contributed by atoms with Gasteiger partial charge in [0.15, 0.2) is 0 Å². The number of rotatable bonds is 5. The molecule has 0 saturated heterocycles. The van der Waals surface area contributed by atoms with Crippen molar-refractivity contribution in [2.75, 3.05) is 6.54 Å². The molecule has 2 rings (SSSR count). The van der Waals surface area contributed by atoms with Gasteiger partial charge in [-0.15, -0.1) is 10.2 Å². The number of nitrogens with one attached hydrogen (secondary N) is 1. The highest BCUT2D eigenvalue weighted by Crippen LogP contribution is 2.21. The van der Waals surface area contributed by atoms with Gasteiger partial charge in [-0.25, -0.2) is 0 Å². The predicted octanol–water partition coefficient (Wildman–Crippen LogP) is 2.56. The first-order valence-corrected chi connectivity index (χ1v) is 6.81. The zero-order valence-corrected chi connectivity index (χ0v) is 12.4. The molecule has 1 aromatic carbocycles. The van der Waals surface area contributed by atoms with E-state index in [1.54, 1.807) is 6.33 Å². The number of nitrogens with zero attached hydrogens (tertiary/aromatic N) is 3. The van der Waals surface area contributed by atoms with Gasteiger partial charge >= 0.3 is 0 Å². The molecule has 0 amide bonds. The summed E-state index contributed by atoms with van der Waals surface area (Å²) in [5.74, 6) is 0.984. The van der Waals surface area contributed by atoms with Crippen molar-refractivity contribution < 1.29 is 0 Å². The molecule has 0 aliphatic carbocycles. The molecule has 18 heavy (non-hydrogen) atoms. The fourth-order valence-electron chi connectivity index (χ4n) is 1.62. The monoisotopic (exact) mass is 328 g/mol. The first-order chi connectivity index (χ1) is 8.66. The quantitative estimate of drug-likeness (QED) is 0.857. The molecule has 6 heteroatoms. The Morgan fingerprint density at radius 1 is 1.44 bits per heavy atom. The molecule has 1 aromatic heterocycles. The van der Waals surface area contributed by atoms with Crippen LogP contribution < -0.4 is 5.32 Å². The molecule has 0 bridgehead atoms. The molecule has 2 aromatic rings. The SMILES string of the molecule is Cn1cnnc1CCNCc1ccc(Cl)cc1Br. The number of hydrogen-bond donors (Lipinski definition) is 1. The molecule has 0 aliphatic heterocycles. The van der Waals surface area contributed by atoms with Crippen molar-refractivity contribution in [3.63, 3.8) is 0 Å². The van der Waals surface area contributed by atoms with Crippen LogP contribution in [0.25, 0.3) is 0 Å². The topological polar surface area (TPSA) is 42.7 Å². The number of halogens is 2. The average Bonchev–Trinajstić information content (AvgIpc) is 2.73. The van der Waals surface area contributed by atoms with Crippen LogP contribution in [-0.2, 0) is 20.0 Å². The minimum atomic E-state index is 0.740. The summed E-state index contributed by atoms with van der Waals surface area (Å²) >= 11 is 9.39. The van der Waals surface area contributed by atoms with Crippen LogP contribution in [0, 0.1) is 0 Å². The van der Waals surface area contributed by atoms with E-state index in [-0.39, 0.29) is 0 Å². The van der Waals surface area contributed by atoms with Gasteiger partial charge in [0.2, 0.25) is 0 Å². The van der Waals surface area contributed by atoms with E-state index in [0.717, 1.165) is 34.8 Å².